The van der Waals surface area contributed by atoms with Crippen LogP contribution in [-0.4, -0.2) is 61.9 Å². The molecular weight excluding hydrogens is 423 g/mol. The fraction of sp³-hybridized carbons (Fsp3) is 0.400. The number of halogens is 1. The van der Waals surface area contributed by atoms with Crippen LogP contribution >= 0.6 is 11.3 Å². The molecule has 11 heteroatoms. The highest BCUT2D eigenvalue weighted by Gasteiger charge is 2.75. The lowest BCUT2D eigenvalue weighted by Crippen LogP contribution is -2.41. The Bertz CT molecular complexity index is 1260. The summed E-state index contributed by atoms with van der Waals surface area (Å²) in [5.41, 5.74) is -0.0907. The van der Waals surface area contributed by atoms with Crippen LogP contribution in [-0.2, 0) is 4.79 Å². The topological polar surface area (TPSA) is 125 Å². The van der Waals surface area contributed by atoms with E-state index >= 15 is 0 Å². The summed E-state index contributed by atoms with van der Waals surface area (Å²) in [7, 11) is 3.21. The van der Waals surface area contributed by atoms with Crippen LogP contribution in [0.2, 0.25) is 0 Å². The normalized spacial score (nSPS) is 28.7. The van der Waals surface area contributed by atoms with Crippen molar-refractivity contribution in [1.29, 1.82) is 0 Å². The van der Waals surface area contributed by atoms with E-state index in [2.05, 4.69) is 37.4 Å². The second-order valence-corrected chi connectivity index (χ2v) is 8.71. The van der Waals surface area contributed by atoms with E-state index in [0.717, 1.165) is 11.3 Å². The number of carbonyl (C=O) groups excluding carboxylic acids is 1. The number of anilines is 1. The Balaban J connectivity index is 1.58. The van der Waals surface area contributed by atoms with E-state index in [1.807, 2.05) is 0 Å². The van der Waals surface area contributed by atoms with Gasteiger partial charge in [-0.1, -0.05) is 11.3 Å². The van der Waals surface area contributed by atoms with Crippen molar-refractivity contribution in [2.75, 3.05) is 19.4 Å². The first-order valence-electron chi connectivity index (χ1n) is 9.68. The second kappa shape index (κ2) is 6.98. The number of rotatable bonds is 3. The molecule has 31 heavy (non-hydrogen) atoms. The van der Waals surface area contributed by atoms with Gasteiger partial charge in [0.1, 0.15) is 6.10 Å². The van der Waals surface area contributed by atoms with Gasteiger partial charge in [-0.3, -0.25) is 4.79 Å². The largest absolute Gasteiger partial charge is 0.389 e. The Morgan fingerprint density at radius 3 is 2.81 bits per heavy atom. The summed E-state index contributed by atoms with van der Waals surface area (Å²) >= 11 is 0.929. The van der Waals surface area contributed by atoms with Gasteiger partial charge in [-0.05, 0) is 30.4 Å². The lowest BCUT2D eigenvalue weighted by Gasteiger charge is -2.23. The van der Waals surface area contributed by atoms with Crippen LogP contribution in [0.3, 0.4) is 0 Å². The molecule has 2 aliphatic carbocycles. The molecule has 3 aromatic rings. The average molecular weight is 442 g/mol. The van der Waals surface area contributed by atoms with Crippen molar-refractivity contribution in [3.8, 4) is 11.8 Å². The summed E-state index contributed by atoms with van der Waals surface area (Å²) in [6.07, 6.45) is -0.329. The third-order valence-electron chi connectivity index (χ3n) is 6.17. The Labute approximate surface area is 180 Å². The van der Waals surface area contributed by atoms with Crippen molar-refractivity contribution in [1.82, 2.24) is 24.8 Å². The smallest absolute Gasteiger partial charge is 0.229 e. The third kappa shape index (κ3) is 2.83. The number of carbonyl (C=O) groups is 1. The molecule has 2 aliphatic rings. The maximum absolute atomic E-state index is 13.2. The number of aliphatic hydroxyl groups is 2. The van der Waals surface area contributed by atoms with Crippen molar-refractivity contribution in [3.05, 3.63) is 34.3 Å². The molecule has 9 nitrogen and oxygen atoms in total. The summed E-state index contributed by atoms with van der Waals surface area (Å²) in [5.74, 6) is 5.81. The minimum atomic E-state index is -1.18. The van der Waals surface area contributed by atoms with E-state index in [1.54, 1.807) is 17.7 Å². The number of nitrogens with zero attached hydrogens (tertiary/aromatic N) is 4. The number of hydrogen-bond donors (Lipinski definition) is 4. The number of fused-ring (bicyclic) bond motifs is 2. The van der Waals surface area contributed by atoms with E-state index < -0.39 is 23.7 Å². The van der Waals surface area contributed by atoms with Crippen LogP contribution in [0.4, 0.5) is 10.2 Å². The first-order chi connectivity index (χ1) is 14.9. The lowest BCUT2D eigenvalue weighted by atomic mass is 9.98. The van der Waals surface area contributed by atoms with Crippen LogP contribution in [0.25, 0.3) is 11.2 Å². The predicted octanol–water partition coefficient (Wildman–Crippen LogP) is 0.497. The molecule has 3 heterocycles. The minimum absolute atomic E-state index is 0.203. The summed E-state index contributed by atoms with van der Waals surface area (Å²) in [6, 6.07) is 2.36. The molecule has 2 saturated carbocycles. The molecule has 0 saturated heterocycles. The third-order valence-corrected chi connectivity index (χ3v) is 6.96. The summed E-state index contributed by atoms with van der Waals surface area (Å²) in [4.78, 5) is 26.2. The minimum Gasteiger partial charge on any atom is -0.389 e. The molecule has 0 radical (unpaired) electrons. The zero-order valence-corrected chi connectivity index (χ0v) is 17.4. The van der Waals surface area contributed by atoms with Gasteiger partial charge >= 0.3 is 0 Å². The number of thiophene rings is 1. The number of imidazole rings is 1. The summed E-state index contributed by atoms with van der Waals surface area (Å²) in [5, 5.41) is 26.6. The van der Waals surface area contributed by atoms with Crippen molar-refractivity contribution in [3.63, 3.8) is 0 Å². The molecule has 4 N–H and O–H groups in total. The summed E-state index contributed by atoms with van der Waals surface area (Å²) < 4.78 is 14.9. The molecule has 0 aromatic carbocycles. The molecule has 2 fully saturated rings. The van der Waals surface area contributed by atoms with Gasteiger partial charge in [-0.25, -0.2) is 15.0 Å². The molecule has 5 rings (SSSR count). The zero-order chi connectivity index (χ0) is 21.9. The Morgan fingerprint density at radius 1 is 1.32 bits per heavy atom. The average Bonchev–Trinajstić information content (AvgIpc) is 3.02. The Hall–Kier alpha value is -3.07. The maximum atomic E-state index is 13.2. The van der Waals surface area contributed by atoms with Crippen molar-refractivity contribution >= 4 is 34.2 Å². The van der Waals surface area contributed by atoms with E-state index in [4.69, 9.17) is 0 Å². The van der Waals surface area contributed by atoms with E-state index in [1.165, 1.54) is 19.4 Å². The van der Waals surface area contributed by atoms with Gasteiger partial charge in [0.15, 0.2) is 22.1 Å². The Morgan fingerprint density at radius 2 is 2.13 bits per heavy atom. The molecule has 0 bridgehead atoms. The van der Waals surface area contributed by atoms with Crippen molar-refractivity contribution in [2.45, 2.75) is 24.7 Å². The fourth-order valence-electron chi connectivity index (χ4n) is 4.65. The Kier molecular flexibility index (Phi) is 4.47. The maximum Gasteiger partial charge on any atom is 0.229 e. The van der Waals surface area contributed by atoms with E-state index in [0.29, 0.717) is 28.3 Å². The number of aromatic nitrogens is 4. The summed E-state index contributed by atoms with van der Waals surface area (Å²) in [6.45, 7) is 0. The first kappa shape index (κ1) is 19.9. The van der Waals surface area contributed by atoms with Crippen molar-refractivity contribution < 1.29 is 19.4 Å². The van der Waals surface area contributed by atoms with Crippen molar-refractivity contribution in [2.24, 2.45) is 11.3 Å². The monoisotopic (exact) mass is 442 g/mol. The number of nitrogens with one attached hydrogen (secondary N) is 2. The van der Waals surface area contributed by atoms with E-state index in [-0.39, 0.29) is 22.8 Å². The molecule has 5 atom stereocenters. The standard InChI is InChI=1S/C20H19FN6O3S/c1-22-17-13-18(26-12(25-17)6-4-9-3-5-11(21)31-9)27(8-24-13)14-10-7-20(10,19(30)23-2)16(29)15(14)28/h3,5,8,10,14-16,28-29H,7H2,1-2H3,(H,23,30)(H,22,25,26)/t10?,14-,15?,16?,20+/m1/s1. The van der Waals surface area contributed by atoms with Gasteiger partial charge in [0.25, 0.3) is 0 Å². The highest BCUT2D eigenvalue weighted by molar-refractivity contribution is 7.10. The molecule has 3 aromatic heterocycles. The van der Waals surface area contributed by atoms with Gasteiger partial charge in [0.2, 0.25) is 11.7 Å². The van der Waals surface area contributed by atoms with Gasteiger partial charge in [-0.2, -0.15) is 4.39 Å². The van der Waals surface area contributed by atoms with Crippen LogP contribution < -0.4 is 10.6 Å². The quantitative estimate of drug-likeness (QED) is 0.435. The van der Waals surface area contributed by atoms with Crippen LogP contribution in [0, 0.1) is 28.3 Å². The first-order valence-corrected chi connectivity index (χ1v) is 10.5. The van der Waals surface area contributed by atoms with Crippen LogP contribution in [0.5, 0.6) is 0 Å². The second-order valence-electron chi connectivity index (χ2n) is 7.68. The van der Waals surface area contributed by atoms with Gasteiger partial charge in [-0.15, -0.1) is 0 Å². The number of hydrogen-bond acceptors (Lipinski definition) is 8. The number of aliphatic hydroxyl groups excluding tert-OH is 2. The lowest BCUT2D eigenvalue weighted by molar-refractivity contribution is -0.132. The van der Waals surface area contributed by atoms with E-state index in [9.17, 15) is 19.4 Å². The SMILES string of the molecule is CNC(=O)[C@@]12CC1[C@@H](n1cnc3c(NC)nc(C#Cc4ccc(F)s4)nc31)C(O)C2O. The molecule has 0 aliphatic heterocycles. The highest BCUT2D eigenvalue weighted by atomic mass is 32.1. The van der Waals surface area contributed by atoms with Crippen LogP contribution in [0.15, 0.2) is 18.5 Å². The number of amides is 1. The molecule has 0 spiro atoms. The van der Waals surface area contributed by atoms with Gasteiger partial charge < -0.3 is 25.4 Å². The predicted molar refractivity (Wildman–Crippen MR) is 111 cm³/mol. The molecule has 3 unspecified atom stereocenters. The zero-order valence-electron chi connectivity index (χ0n) is 16.6. The van der Waals surface area contributed by atoms with Gasteiger partial charge in [0, 0.05) is 20.0 Å². The molecular formula is C20H19FN6O3S. The highest BCUT2D eigenvalue weighted by Crippen LogP contribution is 2.67. The molecule has 160 valence electrons. The van der Waals surface area contributed by atoms with Gasteiger partial charge in [0.05, 0.1) is 28.8 Å². The fourth-order valence-corrected chi connectivity index (χ4v) is 5.23. The molecule has 1 amide bonds. The van der Waals surface area contributed by atoms with Crippen LogP contribution in [0.1, 0.15) is 23.2 Å².